The lowest BCUT2D eigenvalue weighted by Crippen LogP contribution is -2.42. The van der Waals surface area contributed by atoms with Gasteiger partial charge in [0.2, 0.25) is 0 Å². The number of nitrogens with zero attached hydrogens (tertiary/aromatic N) is 5. The van der Waals surface area contributed by atoms with Crippen LogP contribution in [0.25, 0.3) is 11.3 Å². The Balaban J connectivity index is 1.50. The molecular weight excluding hydrogens is 332 g/mol. The van der Waals surface area contributed by atoms with Crippen molar-refractivity contribution in [3.63, 3.8) is 0 Å². The van der Waals surface area contributed by atoms with E-state index in [1.54, 1.807) is 29.6 Å². The van der Waals surface area contributed by atoms with E-state index < -0.39 is 0 Å². The average molecular weight is 350 g/mol. The quantitative estimate of drug-likeness (QED) is 0.773. The molecule has 0 bridgehead atoms. The van der Waals surface area contributed by atoms with Gasteiger partial charge in [0.25, 0.3) is 5.91 Å². The summed E-state index contributed by atoms with van der Waals surface area (Å²) < 4.78 is 5.79. The van der Waals surface area contributed by atoms with Gasteiger partial charge in [-0.2, -0.15) is 5.10 Å². The largest absolute Gasteiger partial charge is 0.368 e. The van der Waals surface area contributed by atoms with Gasteiger partial charge in [-0.15, -0.1) is 0 Å². The van der Waals surface area contributed by atoms with Crippen LogP contribution in [0, 0.1) is 6.92 Å². The lowest BCUT2D eigenvalue weighted by Gasteiger charge is -2.32. The van der Waals surface area contributed by atoms with Crippen LogP contribution >= 0.6 is 0 Å². The zero-order valence-electron chi connectivity index (χ0n) is 14.3. The second kappa shape index (κ2) is 7.01. The molecule has 1 aliphatic heterocycles. The van der Waals surface area contributed by atoms with Gasteiger partial charge < -0.3 is 9.64 Å². The fraction of sp³-hybridized carbons (Fsp3) is 0.278. The van der Waals surface area contributed by atoms with Gasteiger partial charge in [-0.25, -0.2) is 9.97 Å². The number of hydrogen-bond donors (Lipinski definition) is 1. The van der Waals surface area contributed by atoms with Crippen LogP contribution in [0.5, 0.6) is 0 Å². The number of amides is 1. The lowest BCUT2D eigenvalue weighted by atomic mass is 10.1. The molecule has 1 atom stereocenters. The van der Waals surface area contributed by atoms with Crippen molar-refractivity contribution in [1.29, 1.82) is 0 Å². The molecule has 0 radical (unpaired) electrons. The molecular formula is C18H18N6O2. The average Bonchev–Trinajstić information content (AvgIpc) is 3.18. The smallest absolute Gasteiger partial charge is 0.272 e. The SMILES string of the molecule is Cc1nccc([C@H]2CN(C(=O)c3cc(-c4cccnc4)n[nH]3)CCO2)n1. The molecule has 0 saturated carbocycles. The first-order valence-electron chi connectivity index (χ1n) is 8.37. The van der Waals surface area contributed by atoms with Crippen LogP contribution in [0.3, 0.4) is 0 Å². The molecule has 4 heterocycles. The molecule has 8 heteroatoms. The molecule has 1 fully saturated rings. The maximum absolute atomic E-state index is 12.8. The fourth-order valence-electron chi connectivity index (χ4n) is 2.93. The molecule has 1 saturated heterocycles. The van der Waals surface area contributed by atoms with E-state index in [-0.39, 0.29) is 12.0 Å². The minimum absolute atomic E-state index is 0.105. The Morgan fingerprint density at radius 3 is 3.08 bits per heavy atom. The zero-order valence-corrected chi connectivity index (χ0v) is 14.3. The first-order valence-corrected chi connectivity index (χ1v) is 8.37. The highest BCUT2D eigenvalue weighted by atomic mass is 16.5. The Kier molecular flexibility index (Phi) is 4.40. The maximum atomic E-state index is 12.8. The lowest BCUT2D eigenvalue weighted by molar-refractivity contribution is -0.0250. The molecule has 0 aromatic carbocycles. The summed E-state index contributed by atoms with van der Waals surface area (Å²) in [5, 5.41) is 7.06. The van der Waals surface area contributed by atoms with Crippen LogP contribution in [0.4, 0.5) is 0 Å². The molecule has 26 heavy (non-hydrogen) atoms. The molecule has 3 aromatic heterocycles. The van der Waals surface area contributed by atoms with Crippen molar-refractivity contribution in [2.75, 3.05) is 19.7 Å². The van der Waals surface area contributed by atoms with Gasteiger partial charge in [-0.3, -0.25) is 14.9 Å². The number of H-pyrrole nitrogens is 1. The number of carbonyl (C=O) groups excluding carboxylic acids is 1. The van der Waals surface area contributed by atoms with Crippen LogP contribution in [-0.4, -0.2) is 55.7 Å². The Hall–Kier alpha value is -3.13. The van der Waals surface area contributed by atoms with E-state index in [2.05, 4.69) is 25.1 Å². The van der Waals surface area contributed by atoms with Gasteiger partial charge in [-0.05, 0) is 31.2 Å². The Morgan fingerprint density at radius 1 is 1.35 bits per heavy atom. The van der Waals surface area contributed by atoms with Gasteiger partial charge >= 0.3 is 0 Å². The number of carbonyl (C=O) groups is 1. The summed E-state index contributed by atoms with van der Waals surface area (Å²) in [6.45, 7) is 3.26. The summed E-state index contributed by atoms with van der Waals surface area (Å²) in [4.78, 5) is 27.2. The number of aromatic nitrogens is 5. The van der Waals surface area contributed by atoms with Crippen molar-refractivity contribution in [2.24, 2.45) is 0 Å². The highest BCUT2D eigenvalue weighted by Gasteiger charge is 2.28. The van der Waals surface area contributed by atoms with Crippen LogP contribution < -0.4 is 0 Å². The van der Waals surface area contributed by atoms with Gasteiger partial charge in [0.05, 0.1) is 24.5 Å². The van der Waals surface area contributed by atoms with Crippen LogP contribution in [0.2, 0.25) is 0 Å². The number of rotatable bonds is 3. The molecule has 132 valence electrons. The Morgan fingerprint density at radius 2 is 2.27 bits per heavy atom. The number of ether oxygens (including phenoxy) is 1. The van der Waals surface area contributed by atoms with Crippen molar-refractivity contribution < 1.29 is 9.53 Å². The van der Waals surface area contributed by atoms with E-state index in [9.17, 15) is 4.79 Å². The molecule has 4 rings (SSSR count). The third-order valence-electron chi connectivity index (χ3n) is 4.25. The van der Waals surface area contributed by atoms with Crippen molar-refractivity contribution >= 4 is 5.91 Å². The first kappa shape index (κ1) is 16.3. The standard InChI is InChI=1S/C18H18N6O2/c1-12-20-6-4-14(21-12)17-11-24(7-8-26-17)18(25)16-9-15(22-23-16)13-3-2-5-19-10-13/h2-6,9-10,17H,7-8,11H2,1H3,(H,22,23)/t17-/m1/s1. The van der Waals surface area contributed by atoms with Crippen molar-refractivity contribution in [3.8, 4) is 11.3 Å². The maximum Gasteiger partial charge on any atom is 0.272 e. The zero-order chi connectivity index (χ0) is 17.9. The summed E-state index contributed by atoms with van der Waals surface area (Å²) in [5.74, 6) is 0.580. The predicted molar refractivity (Wildman–Crippen MR) is 93.2 cm³/mol. The summed E-state index contributed by atoms with van der Waals surface area (Å²) >= 11 is 0. The van der Waals surface area contributed by atoms with Gasteiger partial charge in [0.1, 0.15) is 17.6 Å². The normalized spacial score (nSPS) is 17.3. The number of pyridine rings is 1. The molecule has 3 aromatic rings. The Labute approximate surface area is 150 Å². The van der Waals surface area contributed by atoms with E-state index in [0.29, 0.717) is 36.9 Å². The number of aromatic amines is 1. The molecule has 1 N–H and O–H groups in total. The Bertz CT molecular complexity index is 911. The minimum atomic E-state index is -0.255. The van der Waals surface area contributed by atoms with E-state index in [1.807, 2.05) is 25.1 Å². The van der Waals surface area contributed by atoms with Gasteiger partial charge in [0.15, 0.2) is 0 Å². The minimum Gasteiger partial charge on any atom is -0.368 e. The predicted octanol–water partition coefficient (Wildman–Crippen LogP) is 1.78. The van der Waals surface area contributed by atoms with E-state index in [4.69, 9.17) is 4.74 Å². The summed E-state index contributed by atoms with van der Waals surface area (Å²) in [6.07, 6.45) is 4.86. The highest BCUT2D eigenvalue weighted by molar-refractivity contribution is 5.93. The number of hydrogen-bond acceptors (Lipinski definition) is 6. The van der Waals surface area contributed by atoms with Crippen molar-refractivity contribution in [3.05, 3.63) is 60.1 Å². The number of morpholine rings is 1. The van der Waals surface area contributed by atoms with Crippen LogP contribution in [0.15, 0.2) is 42.9 Å². The molecule has 1 amide bonds. The number of nitrogens with one attached hydrogen (secondary N) is 1. The molecule has 0 spiro atoms. The summed E-state index contributed by atoms with van der Waals surface area (Å²) in [6, 6.07) is 7.31. The molecule has 1 aliphatic rings. The van der Waals surface area contributed by atoms with E-state index >= 15 is 0 Å². The summed E-state index contributed by atoms with van der Waals surface area (Å²) in [7, 11) is 0. The van der Waals surface area contributed by atoms with Crippen molar-refractivity contribution in [2.45, 2.75) is 13.0 Å². The number of aryl methyl sites for hydroxylation is 1. The second-order valence-electron chi connectivity index (χ2n) is 6.05. The monoisotopic (exact) mass is 350 g/mol. The first-order chi connectivity index (χ1) is 12.7. The third-order valence-corrected chi connectivity index (χ3v) is 4.25. The second-order valence-corrected chi connectivity index (χ2v) is 6.05. The molecule has 0 aliphatic carbocycles. The van der Waals surface area contributed by atoms with Crippen LogP contribution in [0.1, 0.15) is 28.1 Å². The van der Waals surface area contributed by atoms with Crippen LogP contribution in [-0.2, 0) is 4.74 Å². The molecule has 0 unspecified atom stereocenters. The van der Waals surface area contributed by atoms with Crippen molar-refractivity contribution in [1.82, 2.24) is 30.0 Å². The van der Waals surface area contributed by atoms with E-state index in [0.717, 1.165) is 11.3 Å². The van der Waals surface area contributed by atoms with Gasteiger partial charge in [-0.1, -0.05) is 0 Å². The fourth-order valence-corrected chi connectivity index (χ4v) is 2.93. The molecule has 8 nitrogen and oxygen atoms in total. The third kappa shape index (κ3) is 3.31. The topological polar surface area (TPSA) is 96.9 Å². The highest BCUT2D eigenvalue weighted by Crippen LogP contribution is 2.22. The summed E-state index contributed by atoms with van der Waals surface area (Å²) in [5.41, 5.74) is 2.79. The van der Waals surface area contributed by atoms with Gasteiger partial charge in [0, 0.05) is 30.7 Å². The van der Waals surface area contributed by atoms with E-state index in [1.165, 1.54) is 0 Å².